The third-order valence-corrected chi connectivity index (χ3v) is 3.08. The zero-order valence-corrected chi connectivity index (χ0v) is 11.0. The molecule has 2 aromatic rings. The number of ether oxygens (including phenoxy) is 1. The Labute approximate surface area is 108 Å². The molecule has 1 unspecified atom stereocenters. The highest BCUT2D eigenvalue weighted by Crippen LogP contribution is 2.24. The lowest BCUT2D eigenvalue weighted by molar-refractivity contribution is 0.199. The molecule has 96 valence electrons. The standard InChI is InChI=1S/C16H20O2/c1-3-4-9-18-16-8-7-14-10-13(12(2)17)5-6-15(14)11-16/h5-8,10-12,17H,3-4,9H2,1-2H3. The van der Waals surface area contributed by atoms with Gasteiger partial charge in [0.25, 0.3) is 0 Å². The first-order valence-electron chi connectivity index (χ1n) is 6.55. The summed E-state index contributed by atoms with van der Waals surface area (Å²) in [6.45, 7) is 4.71. The number of aliphatic hydroxyl groups is 1. The predicted molar refractivity (Wildman–Crippen MR) is 75.0 cm³/mol. The maximum atomic E-state index is 9.56. The Morgan fingerprint density at radius 3 is 2.56 bits per heavy atom. The monoisotopic (exact) mass is 244 g/mol. The second-order valence-electron chi connectivity index (χ2n) is 4.65. The minimum absolute atomic E-state index is 0.421. The molecule has 2 nitrogen and oxygen atoms in total. The molecule has 0 aliphatic rings. The van der Waals surface area contributed by atoms with Gasteiger partial charge < -0.3 is 9.84 Å². The van der Waals surface area contributed by atoms with Crippen LogP contribution in [0, 0.1) is 0 Å². The van der Waals surface area contributed by atoms with Gasteiger partial charge in [0.2, 0.25) is 0 Å². The van der Waals surface area contributed by atoms with Crippen LogP contribution < -0.4 is 4.74 Å². The lowest BCUT2D eigenvalue weighted by atomic mass is 10.0. The molecule has 0 aromatic heterocycles. The van der Waals surface area contributed by atoms with E-state index < -0.39 is 6.10 Å². The Balaban J connectivity index is 2.21. The third kappa shape index (κ3) is 3.02. The first kappa shape index (κ1) is 12.9. The van der Waals surface area contributed by atoms with Gasteiger partial charge in [0, 0.05) is 0 Å². The number of benzene rings is 2. The van der Waals surface area contributed by atoms with Crippen molar-refractivity contribution in [2.45, 2.75) is 32.8 Å². The van der Waals surface area contributed by atoms with Crippen molar-refractivity contribution in [1.82, 2.24) is 0 Å². The van der Waals surface area contributed by atoms with Gasteiger partial charge in [-0.2, -0.15) is 0 Å². The second kappa shape index (κ2) is 5.87. The van der Waals surface area contributed by atoms with Gasteiger partial charge >= 0.3 is 0 Å². The quantitative estimate of drug-likeness (QED) is 0.803. The van der Waals surface area contributed by atoms with Crippen molar-refractivity contribution in [3.63, 3.8) is 0 Å². The molecule has 0 saturated carbocycles. The molecule has 0 radical (unpaired) electrons. The van der Waals surface area contributed by atoms with Gasteiger partial charge in [0.1, 0.15) is 5.75 Å². The SMILES string of the molecule is CCCCOc1ccc2cc(C(C)O)ccc2c1. The van der Waals surface area contributed by atoms with Crippen LogP contribution in [0.2, 0.25) is 0 Å². The minimum Gasteiger partial charge on any atom is -0.494 e. The molecule has 2 aromatic carbocycles. The maximum absolute atomic E-state index is 9.56. The molecule has 0 bridgehead atoms. The molecule has 2 heteroatoms. The van der Waals surface area contributed by atoms with Crippen LogP contribution in [-0.4, -0.2) is 11.7 Å². The van der Waals surface area contributed by atoms with E-state index in [0.29, 0.717) is 0 Å². The summed E-state index contributed by atoms with van der Waals surface area (Å²) in [5.74, 6) is 0.917. The highest BCUT2D eigenvalue weighted by Gasteiger charge is 2.03. The van der Waals surface area contributed by atoms with E-state index >= 15 is 0 Å². The van der Waals surface area contributed by atoms with Crippen LogP contribution in [0.15, 0.2) is 36.4 Å². The van der Waals surface area contributed by atoms with Gasteiger partial charge in [-0.3, -0.25) is 0 Å². The third-order valence-electron chi connectivity index (χ3n) is 3.08. The molecular formula is C16H20O2. The summed E-state index contributed by atoms with van der Waals surface area (Å²) in [5.41, 5.74) is 0.946. The number of unbranched alkanes of at least 4 members (excludes halogenated alkanes) is 1. The van der Waals surface area contributed by atoms with Crippen LogP contribution in [0.1, 0.15) is 38.4 Å². The molecule has 0 heterocycles. The lowest BCUT2D eigenvalue weighted by Gasteiger charge is -2.09. The normalized spacial score (nSPS) is 12.6. The molecule has 0 aliphatic carbocycles. The van der Waals surface area contributed by atoms with Crippen LogP contribution in [-0.2, 0) is 0 Å². The Morgan fingerprint density at radius 2 is 1.83 bits per heavy atom. The van der Waals surface area contributed by atoms with E-state index in [1.54, 1.807) is 6.92 Å². The number of hydrogen-bond donors (Lipinski definition) is 1. The Kier molecular flexibility index (Phi) is 4.21. The summed E-state index contributed by atoms with van der Waals surface area (Å²) in [4.78, 5) is 0. The zero-order chi connectivity index (χ0) is 13.0. The number of hydrogen-bond acceptors (Lipinski definition) is 2. The largest absolute Gasteiger partial charge is 0.494 e. The van der Waals surface area contributed by atoms with Gasteiger partial charge in [-0.05, 0) is 47.9 Å². The molecule has 0 amide bonds. The van der Waals surface area contributed by atoms with Crippen molar-refractivity contribution in [3.05, 3.63) is 42.0 Å². The zero-order valence-electron chi connectivity index (χ0n) is 11.0. The summed E-state index contributed by atoms with van der Waals surface area (Å²) in [7, 11) is 0. The van der Waals surface area contributed by atoms with E-state index in [4.69, 9.17) is 4.74 Å². The highest BCUT2D eigenvalue weighted by atomic mass is 16.5. The van der Waals surface area contributed by atoms with E-state index in [1.165, 1.54) is 0 Å². The highest BCUT2D eigenvalue weighted by molar-refractivity contribution is 5.84. The smallest absolute Gasteiger partial charge is 0.119 e. The van der Waals surface area contributed by atoms with Gasteiger partial charge in [-0.25, -0.2) is 0 Å². The van der Waals surface area contributed by atoms with Crippen LogP contribution in [0.25, 0.3) is 10.8 Å². The summed E-state index contributed by atoms with van der Waals surface area (Å²) in [5, 5.41) is 11.8. The molecule has 0 saturated heterocycles. The van der Waals surface area contributed by atoms with E-state index in [-0.39, 0.29) is 0 Å². The van der Waals surface area contributed by atoms with Crippen molar-refractivity contribution in [1.29, 1.82) is 0 Å². The van der Waals surface area contributed by atoms with Crippen molar-refractivity contribution in [3.8, 4) is 5.75 Å². The van der Waals surface area contributed by atoms with Gasteiger partial charge in [-0.1, -0.05) is 31.5 Å². The lowest BCUT2D eigenvalue weighted by Crippen LogP contribution is -1.96. The molecule has 0 aliphatic heterocycles. The second-order valence-corrected chi connectivity index (χ2v) is 4.65. The molecule has 0 spiro atoms. The molecule has 2 rings (SSSR count). The fraction of sp³-hybridized carbons (Fsp3) is 0.375. The summed E-state index contributed by atoms with van der Waals surface area (Å²) < 4.78 is 5.68. The van der Waals surface area contributed by atoms with Crippen molar-refractivity contribution in [2.75, 3.05) is 6.61 Å². The minimum atomic E-state index is -0.421. The van der Waals surface area contributed by atoms with Gasteiger partial charge in [-0.15, -0.1) is 0 Å². The maximum Gasteiger partial charge on any atom is 0.119 e. The fourth-order valence-electron chi connectivity index (χ4n) is 1.93. The van der Waals surface area contributed by atoms with E-state index in [1.807, 2.05) is 30.3 Å². The number of aliphatic hydroxyl groups excluding tert-OH is 1. The predicted octanol–water partition coefficient (Wildman–Crippen LogP) is 4.07. The van der Waals surface area contributed by atoms with Crippen molar-refractivity contribution >= 4 is 10.8 Å². The van der Waals surface area contributed by atoms with Crippen LogP contribution in [0.5, 0.6) is 5.75 Å². The fourth-order valence-corrected chi connectivity index (χ4v) is 1.93. The molecule has 1 N–H and O–H groups in total. The molecular weight excluding hydrogens is 224 g/mol. The van der Waals surface area contributed by atoms with Crippen molar-refractivity contribution < 1.29 is 9.84 Å². The van der Waals surface area contributed by atoms with E-state index in [0.717, 1.165) is 41.5 Å². The molecule has 0 fully saturated rings. The first-order valence-corrected chi connectivity index (χ1v) is 6.55. The number of fused-ring (bicyclic) bond motifs is 1. The molecule has 18 heavy (non-hydrogen) atoms. The van der Waals surface area contributed by atoms with E-state index in [9.17, 15) is 5.11 Å². The Hall–Kier alpha value is -1.54. The summed E-state index contributed by atoms with van der Waals surface area (Å²) >= 11 is 0. The van der Waals surface area contributed by atoms with Crippen LogP contribution in [0.4, 0.5) is 0 Å². The van der Waals surface area contributed by atoms with Crippen LogP contribution in [0.3, 0.4) is 0 Å². The Bertz CT molecular complexity index is 517. The van der Waals surface area contributed by atoms with Crippen molar-refractivity contribution in [2.24, 2.45) is 0 Å². The van der Waals surface area contributed by atoms with E-state index in [2.05, 4.69) is 13.0 Å². The van der Waals surface area contributed by atoms with Gasteiger partial charge in [0.05, 0.1) is 12.7 Å². The summed E-state index contributed by atoms with van der Waals surface area (Å²) in [6, 6.07) is 12.1. The number of rotatable bonds is 5. The topological polar surface area (TPSA) is 29.5 Å². The average Bonchev–Trinajstić information content (AvgIpc) is 2.38. The van der Waals surface area contributed by atoms with Gasteiger partial charge in [0.15, 0.2) is 0 Å². The average molecular weight is 244 g/mol. The summed E-state index contributed by atoms with van der Waals surface area (Å²) in [6.07, 6.45) is 1.81. The first-order chi connectivity index (χ1) is 8.70. The Morgan fingerprint density at radius 1 is 1.11 bits per heavy atom. The van der Waals surface area contributed by atoms with Crippen LogP contribution >= 0.6 is 0 Å². The molecule has 1 atom stereocenters.